The van der Waals surface area contributed by atoms with Crippen molar-refractivity contribution >= 4 is 21.9 Å². The lowest BCUT2D eigenvalue weighted by Gasteiger charge is -2.11. The van der Waals surface area contributed by atoms with Crippen LogP contribution in [0.25, 0.3) is 6.08 Å². The molecule has 0 saturated heterocycles. The number of benzene rings is 1. The average molecular weight is 277 g/mol. The van der Waals surface area contributed by atoms with E-state index in [1.54, 1.807) is 24.3 Å². The molecule has 0 fully saturated rings. The SMILES string of the molecule is O=P(O)(O)C1C=Cc2ccccc21.O=[P+](O)O. The molecule has 8 heteroatoms. The minimum Gasteiger partial charge on any atom is -0.324 e. The zero-order valence-corrected chi connectivity index (χ0v) is 10.3. The molecule has 4 N–H and O–H groups in total. The van der Waals surface area contributed by atoms with E-state index in [4.69, 9.17) is 24.1 Å². The van der Waals surface area contributed by atoms with Crippen LogP contribution in [0.2, 0.25) is 0 Å². The number of fused-ring (bicyclic) bond motifs is 1. The highest BCUT2D eigenvalue weighted by molar-refractivity contribution is 7.52. The predicted octanol–water partition coefficient (Wildman–Crippen LogP) is 1.56. The summed E-state index contributed by atoms with van der Waals surface area (Å²) in [6.45, 7) is 0. The summed E-state index contributed by atoms with van der Waals surface area (Å²) in [6, 6.07) is 7.24. The highest BCUT2D eigenvalue weighted by Crippen LogP contribution is 2.55. The summed E-state index contributed by atoms with van der Waals surface area (Å²) in [6.07, 6.45) is 3.31. The van der Waals surface area contributed by atoms with Gasteiger partial charge in [-0.15, -0.1) is 9.79 Å². The maximum atomic E-state index is 11.0. The second-order valence-electron chi connectivity index (χ2n) is 3.27. The minimum absolute atomic E-state index is 0.718. The second-order valence-corrected chi connectivity index (χ2v) is 5.51. The van der Waals surface area contributed by atoms with Gasteiger partial charge in [0.2, 0.25) is 0 Å². The molecule has 0 aliphatic heterocycles. The van der Waals surface area contributed by atoms with Gasteiger partial charge in [-0.05, 0) is 11.1 Å². The fourth-order valence-electron chi connectivity index (χ4n) is 1.52. The van der Waals surface area contributed by atoms with Crippen molar-refractivity contribution in [3.05, 3.63) is 41.5 Å². The lowest BCUT2D eigenvalue weighted by Crippen LogP contribution is -1.93. The Morgan fingerprint density at radius 2 is 1.71 bits per heavy atom. The quantitative estimate of drug-likeness (QED) is 0.579. The zero-order valence-electron chi connectivity index (χ0n) is 8.54. The topological polar surface area (TPSA) is 115 Å². The van der Waals surface area contributed by atoms with Crippen LogP contribution in [0, 0.1) is 0 Å². The van der Waals surface area contributed by atoms with Crippen molar-refractivity contribution in [3.63, 3.8) is 0 Å². The molecule has 1 atom stereocenters. The van der Waals surface area contributed by atoms with Gasteiger partial charge in [-0.1, -0.05) is 36.4 Å². The standard InChI is InChI=1S/C9H9O3P.HO3P/c10-13(11,12)9-6-5-7-3-1-2-4-8(7)9;1-4(2)3/h1-6,9H,(H2,10,11,12);(H-,1,2,3)/p+1. The average Bonchev–Trinajstić information content (AvgIpc) is 2.58. The number of rotatable bonds is 1. The molecule has 17 heavy (non-hydrogen) atoms. The largest absolute Gasteiger partial charge is 0.692 e. The van der Waals surface area contributed by atoms with Gasteiger partial charge in [-0.2, -0.15) is 0 Å². The van der Waals surface area contributed by atoms with Gasteiger partial charge in [-0.25, -0.2) is 0 Å². The van der Waals surface area contributed by atoms with E-state index in [1.807, 2.05) is 12.1 Å². The van der Waals surface area contributed by atoms with Crippen LogP contribution in [-0.2, 0) is 9.13 Å². The first-order chi connectivity index (χ1) is 7.82. The highest BCUT2D eigenvalue weighted by atomic mass is 31.2. The lowest BCUT2D eigenvalue weighted by atomic mass is 10.1. The highest BCUT2D eigenvalue weighted by Gasteiger charge is 2.31. The van der Waals surface area contributed by atoms with Gasteiger partial charge >= 0.3 is 15.9 Å². The first kappa shape index (κ1) is 14.2. The summed E-state index contributed by atoms with van der Waals surface area (Å²) in [5.41, 5.74) is 0.871. The van der Waals surface area contributed by atoms with E-state index in [-0.39, 0.29) is 0 Å². The molecule has 0 bridgehead atoms. The fourth-order valence-corrected chi connectivity index (χ4v) is 2.43. The summed E-state index contributed by atoms with van der Waals surface area (Å²) < 4.78 is 19.7. The molecule has 0 radical (unpaired) electrons. The molecule has 1 aromatic rings. The number of hydrogen-bond acceptors (Lipinski definition) is 2. The van der Waals surface area contributed by atoms with E-state index in [0.29, 0.717) is 0 Å². The molecule has 92 valence electrons. The molecule has 1 aromatic carbocycles. The Morgan fingerprint density at radius 1 is 1.18 bits per heavy atom. The van der Waals surface area contributed by atoms with Crippen LogP contribution in [-0.4, -0.2) is 19.6 Å². The van der Waals surface area contributed by atoms with Crippen molar-refractivity contribution in [1.29, 1.82) is 0 Å². The smallest absolute Gasteiger partial charge is 0.324 e. The second kappa shape index (κ2) is 5.65. The van der Waals surface area contributed by atoms with Gasteiger partial charge in [0.1, 0.15) is 5.66 Å². The van der Waals surface area contributed by atoms with Crippen LogP contribution < -0.4 is 0 Å². The van der Waals surface area contributed by atoms with Crippen molar-refractivity contribution < 1.29 is 28.7 Å². The van der Waals surface area contributed by atoms with Gasteiger partial charge in [0.25, 0.3) is 0 Å². The Hall–Kier alpha value is -0.870. The molecule has 1 aliphatic rings. The van der Waals surface area contributed by atoms with E-state index in [9.17, 15) is 4.57 Å². The molecule has 1 aliphatic carbocycles. The monoisotopic (exact) mass is 277 g/mol. The van der Waals surface area contributed by atoms with E-state index < -0.39 is 21.5 Å². The van der Waals surface area contributed by atoms with Crippen molar-refractivity contribution in [1.82, 2.24) is 0 Å². The third-order valence-electron chi connectivity index (χ3n) is 2.14. The van der Waals surface area contributed by atoms with E-state index in [0.717, 1.165) is 11.1 Å². The van der Waals surface area contributed by atoms with E-state index in [2.05, 4.69) is 0 Å². The molecule has 1 unspecified atom stereocenters. The molecular weight excluding hydrogens is 266 g/mol. The Bertz CT molecular complexity index is 488. The predicted molar refractivity (Wildman–Crippen MR) is 62.3 cm³/mol. The van der Waals surface area contributed by atoms with E-state index >= 15 is 0 Å². The summed E-state index contributed by atoms with van der Waals surface area (Å²) in [7, 11) is -6.90. The fraction of sp³-hybridized carbons (Fsp3) is 0.111. The zero-order chi connectivity index (χ0) is 13.1. The Kier molecular flexibility index (Phi) is 4.71. The first-order valence-corrected chi connectivity index (χ1v) is 7.34. The molecule has 0 amide bonds. The number of hydrogen-bond donors (Lipinski definition) is 4. The number of allylic oxidation sites excluding steroid dienone is 1. The maximum Gasteiger partial charge on any atom is 0.692 e. The summed E-state index contributed by atoms with van der Waals surface area (Å²) >= 11 is 0. The van der Waals surface area contributed by atoms with E-state index in [1.165, 1.54) is 0 Å². The third kappa shape index (κ3) is 4.13. The lowest BCUT2D eigenvalue weighted by molar-refractivity contribution is 0.366. The molecular formula is C9H11O6P2+. The van der Waals surface area contributed by atoms with Gasteiger partial charge in [0.05, 0.1) is 0 Å². The van der Waals surface area contributed by atoms with Gasteiger partial charge < -0.3 is 9.79 Å². The molecule has 0 heterocycles. The third-order valence-corrected chi connectivity index (χ3v) is 3.31. The van der Waals surface area contributed by atoms with Crippen molar-refractivity contribution in [2.24, 2.45) is 0 Å². The molecule has 0 saturated carbocycles. The van der Waals surface area contributed by atoms with Crippen LogP contribution >= 0.6 is 15.9 Å². The molecule has 0 spiro atoms. The van der Waals surface area contributed by atoms with Crippen molar-refractivity contribution in [2.75, 3.05) is 0 Å². The summed E-state index contributed by atoms with van der Waals surface area (Å²) in [4.78, 5) is 32.3. The van der Waals surface area contributed by atoms with Crippen molar-refractivity contribution in [3.8, 4) is 0 Å². The van der Waals surface area contributed by atoms with Crippen LogP contribution in [0.4, 0.5) is 0 Å². The van der Waals surface area contributed by atoms with Gasteiger partial charge in [0.15, 0.2) is 0 Å². The normalized spacial score (nSPS) is 17.1. The molecule has 2 rings (SSSR count). The molecule has 6 nitrogen and oxygen atoms in total. The van der Waals surface area contributed by atoms with Crippen LogP contribution in [0.3, 0.4) is 0 Å². The van der Waals surface area contributed by atoms with Gasteiger partial charge in [-0.3, -0.25) is 4.57 Å². The Labute approximate surface area is 98.4 Å². The Balaban J connectivity index is 0.000000317. The van der Waals surface area contributed by atoms with Crippen LogP contribution in [0.1, 0.15) is 16.8 Å². The summed E-state index contributed by atoms with van der Waals surface area (Å²) in [5, 5.41) is 0. The Morgan fingerprint density at radius 3 is 2.24 bits per heavy atom. The van der Waals surface area contributed by atoms with Crippen LogP contribution in [0.5, 0.6) is 0 Å². The van der Waals surface area contributed by atoms with Crippen molar-refractivity contribution in [2.45, 2.75) is 5.66 Å². The minimum atomic E-state index is -4.03. The first-order valence-electron chi connectivity index (χ1n) is 4.49. The van der Waals surface area contributed by atoms with Gasteiger partial charge in [0, 0.05) is 4.57 Å². The van der Waals surface area contributed by atoms with Crippen LogP contribution in [0.15, 0.2) is 30.3 Å². The molecule has 0 aromatic heterocycles. The maximum absolute atomic E-state index is 11.0. The summed E-state index contributed by atoms with van der Waals surface area (Å²) in [5.74, 6) is 0.